The monoisotopic (exact) mass is 356 g/mol. The van der Waals surface area contributed by atoms with Gasteiger partial charge in [-0.15, -0.1) is 0 Å². The van der Waals surface area contributed by atoms with Gasteiger partial charge in [0.05, 0.1) is 23.1 Å². The lowest BCUT2D eigenvalue weighted by Crippen LogP contribution is -2.31. The van der Waals surface area contributed by atoms with Gasteiger partial charge in [-0.05, 0) is 24.6 Å². The number of phenols is 2. The largest absolute Gasteiger partial charge is 0.507 e. The molecule has 1 aliphatic rings. The van der Waals surface area contributed by atoms with Gasteiger partial charge in [-0.2, -0.15) is 0 Å². The number of carboxylic acid groups (broad SMARTS) is 1. The number of benzene rings is 2. The normalized spacial score (nSPS) is 15.2. The summed E-state index contributed by atoms with van der Waals surface area (Å²) in [6.07, 6.45) is -0.764. The summed E-state index contributed by atoms with van der Waals surface area (Å²) in [5, 5.41) is 39.5. The molecule has 4 N–H and O–H groups in total. The third-order valence-electron chi connectivity index (χ3n) is 4.35. The summed E-state index contributed by atoms with van der Waals surface area (Å²) < 4.78 is 0. The Bertz CT molecular complexity index is 957. The molecule has 3 rings (SSSR count). The third kappa shape index (κ3) is 2.82. The fourth-order valence-corrected chi connectivity index (χ4v) is 3.23. The quantitative estimate of drug-likeness (QED) is 0.558. The molecule has 0 radical (unpaired) electrons. The molecule has 1 aliphatic carbocycles. The molecule has 0 amide bonds. The second-order valence-electron chi connectivity index (χ2n) is 6.60. The Balaban J connectivity index is 2.10. The Labute approximate surface area is 148 Å². The van der Waals surface area contributed by atoms with E-state index in [-0.39, 0.29) is 40.0 Å². The zero-order valence-electron chi connectivity index (χ0n) is 13.8. The standard InChI is InChI=1S/C19H16O7/c1-19(26,8-13(21)22)7-9-5-6-11-15(16(9)23)18(25)10-3-2-4-12(20)14(10)17(11)24/h2-6,20,23,26H,7-8H2,1H3,(H,21,22)/t19-/m0/s1. The molecule has 26 heavy (non-hydrogen) atoms. The highest BCUT2D eigenvalue weighted by atomic mass is 16.4. The highest BCUT2D eigenvalue weighted by molar-refractivity contribution is 6.30. The summed E-state index contributed by atoms with van der Waals surface area (Å²) in [5.74, 6) is -3.21. The molecule has 0 fully saturated rings. The van der Waals surface area contributed by atoms with Crippen LogP contribution in [-0.2, 0) is 11.2 Å². The number of aromatic hydroxyl groups is 2. The Kier molecular flexibility index (Phi) is 4.04. The van der Waals surface area contributed by atoms with Gasteiger partial charge in [0.15, 0.2) is 11.6 Å². The topological polar surface area (TPSA) is 132 Å². The first-order valence-corrected chi connectivity index (χ1v) is 7.83. The van der Waals surface area contributed by atoms with Crippen LogP contribution in [0.3, 0.4) is 0 Å². The molecule has 1 atom stereocenters. The van der Waals surface area contributed by atoms with E-state index in [1.54, 1.807) is 0 Å². The van der Waals surface area contributed by atoms with Crippen LogP contribution in [0.2, 0.25) is 0 Å². The number of aliphatic carboxylic acids is 1. The zero-order chi connectivity index (χ0) is 19.2. The van der Waals surface area contributed by atoms with Gasteiger partial charge in [-0.25, -0.2) is 0 Å². The van der Waals surface area contributed by atoms with E-state index in [1.165, 1.54) is 37.3 Å². The number of carboxylic acids is 1. The van der Waals surface area contributed by atoms with Crippen LogP contribution in [0.25, 0.3) is 0 Å². The van der Waals surface area contributed by atoms with Gasteiger partial charge in [-0.3, -0.25) is 14.4 Å². The van der Waals surface area contributed by atoms with E-state index >= 15 is 0 Å². The van der Waals surface area contributed by atoms with Crippen molar-refractivity contribution in [1.29, 1.82) is 0 Å². The van der Waals surface area contributed by atoms with Crippen molar-refractivity contribution in [2.24, 2.45) is 0 Å². The zero-order valence-corrected chi connectivity index (χ0v) is 13.8. The number of carbonyl (C=O) groups excluding carboxylic acids is 2. The van der Waals surface area contributed by atoms with Crippen molar-refractivity contribution in [3.8, 4) is 11.5 Å². The lowest BCUT2D eigenvalue weighted by molar-refractivity contribution is -0.141. The summed E-state index contributed by atoms with van der Waals surface area (Å²) in [6.45, 7) is 1.31. The molecule has 0 unspecified atom stereocenters. The van der Waals surface area contributed by atoms with Crippen LogP contribution < -0.4 is 0 Å². The predicted octanol–water partition coefficient (Wildman–Crippen LogP) is 1.64. The van der Waals surface area contributed by atoms with Crippen molar-refractivity contribution in [3.05, 3.63) is 58.1 Å². The Hall–Kier alpha value is -3.19. The number of phenolic OH excluding ortho intramolecular Hbond substituents is 2. The summed E-state index contributed by atoms with van der Waals surface area (Å²) in [6, 6.07) is 6.79. The molecule has 0 aromatic heterocycles. The Morgan fingerprint density at radius 3 is 2.27 bits per heavy atom. The minimum Gasteiger partial charge on any atom is -0.507 e. The van der Waals surface area contributed by atoms with Crippen LogP contribution in [0.5, 0.6) is 11.5 Å². The van der Waals surface area contributed by atoms with E-state index in [0.29, 0.717) is 0 Å². The van der Waals surface area contributed by atoms with Crippen molar-refractivity contribution in [2.45, 2.75) is 25.4 Å². The summed E-state index contributed by atoms with van der Waals surface area (Å²) in [5.41, 5.74) is -1.89. The van der Waals surface area contributed by atoms with Crippen LogP contribution in [-0.4, -0.2) is 43.6 Å². The molecule has 0 spiro atoms. The molecular formula is C19H16O7. The fourth-order valence-electron chi connectivity index (χ4n) is 3.23. The number of rotatable bonds is 4. The van der Waals surface area contributed by atoms with Gasteiger partial charge in [0.2, 0.25) is 0 Å². The van der Waals surface area contributed by atoms with E-state index < -0.39 is 35.3 Å². The summed E-state index contributed by atoms with van der Waals surface area (Å²) >= 11 is 0. The van der Waals surface area contributed by atoms with Crippen LogP contribution in [0.1, 0.15) is 50.8 Å². The first-order valence-electron chi connectivity index (χ1n) is 7.83. The molecule has 0 bridgehead atoms. The molecule has 7 nitrogen and oxygen atoms in total. The minimum absolute atomic E-state index is 0.0211. The number of aliphatic hydroxyl groups is 1. The lowest BCUT2D eigenvalue weighted by atomic mass is 9.81. The SMILES string of the molecule is C[C@@](O)(CC(=O)O)Cc1ccc2c(c1O)C(=O)c1cccc(O)c1C2=O. The van der Waals surface area contributed by atoms with Gasteiger partial charge < -0.3 is 20.4 Å². The van der Waals surface area contributed by atoms with Crippen LogP contribution in [0.15, 0.2) is 30.3 Å². The molecule has 2 aromatic carbocycles. The molecule has 7 heteroatoms. The minimum atomic E-state index is -1.64. The third-order valence-corrected chi connectivity index (χ3v) is 4.35. The number of carbonyl (C=O) groups is 3. The first kappa shape index (κ1) is 17.6. The molecule has 0 saturated carbocycles. The van der Waals surface area contributed by atoms with Gasteiger partial charge >= 0.3 is 5.97 Å². The molecule has 0 heterocycles. The van der Waals surface area contributed by atoms with Crippen molar-refractivity contribution < 1.29 is 34.8 Å². The van der Waals surface area contributed by atoms with Crippen LogP contribution in [0, 0.1) is 0 Å². The van der Waals surface area contributed by atoms with Gasteiger partial charge in [0.1, 0.15) is 11.5 Å². The Morgan fingerprint density at radius 1 is 1.00 bits per heavy atom. The smallest absolute Gasteiger partial charge is 0.306 e. The van der Waals surface area contributed by atoms with Crippen LogP contribution in [0.4, 0.5) is 0 Å². The van der Waals surface area contributed by atoms with E-state index in [1.807, 2.05) is 0 Å². The van der Waals surface area contributed by atoms with Crippen molar-refractivity contribution in [1.82, 2.24) is 0 Å². The average molecular weight is 356 g/mol. The van der Waals surface area contributed by atoms with Crippen molar-refractivity contribution in [2.75, 3.05) is 0 Å². The number of ketones is 2. The first-order chi connectivity index (χ1) is 12.1. The molecule has 2 aromatic rings. The van der Waals surface area contributed by atoms with Gasteiger partial charge in [0, 0.05) is 17.5 Å². The number of hydrogen-bond acceptors (Lipinski definition) is 6. The average Bonchev–Trinajstić information content (AvgIpc) is 2.52. The van der Waals surface area contributed by atoms with Gasteiger partial charge in [0.25, 0.3) is 0 Å². The molecule has 0 saturated heterocycles. The molecule has 134 valence electrons. The van der Waals surface area contributed by atoms with E-state index in [9.17, 15) is 29.7 Å². The van der Waals surface area contributed by atoms with Crippen LogP contribution >= 0.6 is 0 Å². The van der Waals surface area contributed by atoms with Crippen molar-refractivity contribution >= 4 is 17.5 Å². The maximum absolute atomic E-state index is 12.7. The number of hydrogen-bond donors (Lipinski definition) is 4. The highest BCUT2D eigenvalue weighted by Gasteiger charge is 2.36. The maximum Gasteiger partial charge on any atom is 0.306 e. The van der Waals surface area contributed by atoms with Crippen molar-refractivity contribution in [3.63, 3.8) is 0 Å². The number of fused-ring (bicyclic) bond motifs is 2. The second kappa shape index (κ2) is 5.96. The van der Waals surface area contributed by atoms with E-state index in [0.717, 1.165) is 0 Å². The second-order valence-corrected chi connectivity index (χ2v) is 6.60. The molecule has 0 aliphatic heterocycles. The lowest BCUT2D eigenvalue weighted by Gasteiger charge is -2.24. The van der Waals surface area contributed by atoms with Gasteiger partial charge in [-0.1, -0.05) is 18.2 Å². The van der Waals surface area contributed by atoms with E-state index in [2.05, 4.69) is 0 Å². The Morgan fingerprint density at radius 2 is 1.62 bits per heavy atom. The van der Waals surface area contributed by atoms with E-state index in [4.69, 9.17) is 5.11 Å². The summed E-state index contributed by atoms with van der Waals surface area (Å²) in [4.78, 5) is 36.2. The summed E-state index contributed by atoms with van der Waals surface area (Å²) in [7, 11) is 0. The fraction of sp³-hybridized carbons (Fsp3) is 0.211. The highest BCUT2D eigenvalue weighted by Crippen LogP contribution is 2.38. The maximum atomic E-state index is 12.7. The predicted molar refractivity (Wildman–Crippen MR) is 89.7 cm³/mol. The molecular weight excluding hydrogens is 340 g/mol.